The van der Waals surface area contributed by atoms with Crippen LogP contribution in [0.3, 0.4) is 0 Å². The van der Waals surface area contributed by atoms with Crippen LogP contribution < -0.4 is 0 Å². The molecule has 3 heterocycles. The van der Waals surface area contributed by atoms with E-state index < -0.39 is 16.1 Å². The molecule has 0 aliphatic carbocycles. The summed E-state index contributed by atoms with van der Waals surface area (Å²) >= 11 is 0. The first kappa shape index (κ1) is 15.5. The molecule has 122 valence electrons. The second-order valence-electron chi connectivity index (χ2n) is 5.52. The maximum absolute atomic E-state index is 12.7. The van der Waals surface area contributed by atoms with Gasteiger partial charge in [-0.3, -0.25) is 4.79 Å². The fourth-order valence-electron chi connectivity index (χ4n) is 2.97. The zero-order valence-electron chi connectivity index (χ0n) is 12.3. The van der Waals surface area contributed by atoms with Gasteiger partial charge in [-0.05, 0) is 18.9 Å². The van der Waals surface area contributed by atoms with Gasteiger partial charge in [0, 0.05) is 19.6 Å². The number of carbonyl (C=O) groups excluding carboxylic acids is 1. The highest BCUT2D eigenvalue weighted by atomic mass is 32.2. The molecule has 0 saturated carbocycles. The molecule has 0 spiro atoms. The lowest BCUT2D eigenvalue weighted by atomic mass is 10.0. The quantitative estimate of drug-likeness (QED) is 0.815. The first-order valence-electron chi connectivity index (χ1n) is 7.51. The van der Waals surface area contributed by atoms with Crippen LogP contribution in [0.25, 0.3) is 0 Å². The smallest absolute Gasteiger partial charge is 0.246 e. The molecular weight excluding hydrogens is 308 g/mol. The number of nitrogens with zero attached hydrogens (tertiary/aromatic N) is 2. The van der Waals surface area contributed by atoms with Crippen molar-refractivity contribution in [1.82, 2.24) is 9.21 Å². The number of sulfonamides is 1. The number of piperidine rings is 1. The fraction of sp³-hybridized carbons (Fsp3) is 0.643. The number of hydrogen-bond acceptors (Lipinski definition) is 5. The lowest BCUT2D eigenvalue weighted by molar-refractivity contribution is -0.140. The van der Waals surface area contributed by atoms with Crippen molar-refractivity contribution >= 4 is 15.9 Å². The van der Waals surface area contributed by atoms with Gasteiger partial charge in [0.05, 0.1) is 19.5 Å². The molecule has 7 nitrogen and oxygen atoms in total. The number of rotatable bonds is 3. The Morgan fingerprint density at radius 1 is 1.18 bits per heavy atom. The molecule has 0 aromatic carbocycles. The third-order valence-electron chi connectivity index (χ3n) is 4.16. The lowest BCUT2D eigenvalue weighted by Crippen LogP contribution is -2.54. The van der Waals surface area contributed by atoms with Gasteiger partial charge in [-0.15, -0.1) is 0 Å². The second-order valence-corrected chi connectivity index (χ2v) is 7.41. The first-order chi connectivity index (χ1) is 10.6. The minimum atomic E-state index is -3.69. The third kappa shape index (κ3) is 2.90. The van der Waals surface area contributed by atoms with Gasteiger partial charge in [-0.2, -0.15) is 4.31 Å². The SMILES string of the molecule is O=C([C@@H]1CCCCN1S(=O)(=O)c1ccoc1)N1CCOCC1. The molecule has 0 radical (unpaired) electrons. The summed E-state index contributed by atoms with van der Waals surface area (Å²) in [5, 5.41) is 0. The highest BCUT2D eigenvalue weighted by Crippen LogP contribution is 2.27. The topological polar surface area (TPSA) is 80.1 Å². The van der Waals surface area contributed by atoms with Crippen molar-refractivity contribution in [3.63, 3.8) is 0 Å². The van der Waals surface area contributed by atoms with Gasteiger partial charge in [0.2, 0.25) is 15.9 Å². The van der Waals surface area contributed by atoms with Gasteiger partial charge in [0.25, 0.3) is 0 Å². The van der Waals surface area contributed by atoms with E-state index in [0.717, 1.165) is 12.8 Å². The zero-order valence-corrected chi connectivity index (χ0v) is 13.1. The molecule has 2 fully saturated rings. The Bertz CT molecular complexity index is 607. The van der Waals surface area contributed by atoms with Crippen LogP contribution in [0.5, 0.6) is 0 Å². The maximum atomic E-state index is 12.7. The Morgan fingerprint density at radius 2 is 1.95 bits per heavy atom. The minimum Gasteiger partial charge on any atom is -0.471 e. The molecule has 8 heteroatoms. The van der Waals surface area contributed by atoms with Crippen molar-refractivity contribution in [2.24, 2.45) is 0 Å². The van der Waals surface area contributed by atoms with Gasteiger partial charge >= 0.3 is 0 Å². The predicted octanol–water partition coefficient (Wildman–Crippen LogP) is 0.682. The van der Waals surface area contributed by atoms with Gasteiger partial charge < -0.3 is 14.1 Å². The molecular formula is C14H20N2O5S. The van der Waals surface area contributed by atoms with E-state index in [0.29, 0.717) is 39.3 Å². The Kier molecular flexibility index (Phi) is 4.51. The van der Waals surface area contributed by atoms with E-state index in [1.54, 1.807) is 4.90 Å². The Morgan fingerprint density at radius 3 is 2.64 bits per heavy atom. The van der Waals surface area contributed by atoms with Crippen LogP contribution in [0.1, 0.15) is 19.3 Å². The van der Waals surface area contributed by atoms with Crippen LogP contribution in [0, 0.1) is 0 Å². The summed E-state index contributed by atoms with van der Waals surface area (Å²) in [4.78, 5) is 14.5. The van der Waals surface area contributed by atoms with Crippen molar-refractivity contribution in [1.29, 1.82) is 0 Å². The summed E-state index contributed by atoms with van der Waals surface area (Å²) in [6.07, 6.45) is 4.73. The summed E-state index contributed by atoms with van der Waals surface area (Å²) in [7, 11) is -3.69. The molecule has 0 N–H and O–H groups in total. The highest BCUT2D eigenvalue weighted by molar-refractivity contribution is 7.89. The second kappa shape index (κ2) is 6.39. The number of amides is 1. The van der Waals surface area contributed by atoms with E-state index in [4.69, 9.17) is 9.15 Å². The lowest BCUT2D eigenvalue weighted by Gasteiger charge is -2.37. The molecule has 2 saturated heterocycles. The Hall–Kier alpha value is -1.38. The minimum absolute atomic E-state index is 0.106. The summed E-state index contributed by atoms with van der Waals surface area (Å²) in [5.74, 6) is -0.116. The van der Waals surface area contributed by atoms with Crippen molar-refractivity contribution < 1.29 is 22.4 Å². The molecule has 1 aromatic rings. The van der Waals surface area contributed by atoms with Crippen molar-refractivity contribution in [3.8, 4) is 0 Å². The standard InChI is InChI=1S/C14H20N2O5S/c17-14(15-6-9-20-10-7-15)13-3-1-2-5-16(13)22(18,19)12-4-8-21-11-12/h4,8,11,13H,1-3,5-7,9-10H2/t13-/m0/s1. The molecule has 22 heavy (non-hydrogen) atoms. The summed E-state index contributed by atoms with van der Waals surface area (Å²) < 4.78 is 36.9. The average Bonchev–Trinajstić information content (AvgIpc) is 3.10. The van der Waals surface area contributed by atoms with Gasteiger partial charge in [-0.1, -0.05) is 6.42 Å². The zero-order chi connectivity index (χ0) is 15.6. The molecule has 1 aromatic heterocycles. The number of carbonyl (C=O) groups is 1. The van der Waals surface area contributed by atoms with Crippen LogP contribution in [-0.2, 0) is 19.6 Å². The Labute approximate surface area is 129 Å². The number of ether oxygens (including phenoxy) is 1. The summed E-state index contributed by atoms with van der Waals surface area (Å²) in [5.41, 5.74) is 0. The fourth-order valence-corrected chi connectivity index (χ4v) is 4.54. The van der Waals surface area contributed by atoms with Crippen LogP contribution >= 0.6 is 0 Å². The van der Waals surface area contributed by atoms with Crippen molar-refractivity contribution in [3.05, 3.63) is 18.6 Å². The van der Waals surface area contributed by atoms with Gasteiger partial charge in [-0.25, -0.2) is 8.42 Å². The Balaban J connectivity index is 1.83. The van der Waals surface area contributed by atoms with E-state index in [2.05, 4.69) is 0 Å². The number of hydrogen-bond donors (Lipinski definition) is 0. The number of furan rings is 1. The molecule has 3 rings (SSSR count). The maximum Gasteiger partial charge on any atom is 0.246 e. The van der Waals surface area contributed by atoms with E-state index in [1.165, 1.54) is 22.9 Å². The van der Waals surface area contributed by atoms with Gasteiger partial charge in [0.1, 0.15) is 17.2 Å². The molecule has 1 amide bonds. The highest BCUT2D eigenvalue weighted by Gasteiger charge is 2.40. The predicted molar refractivity (Wildman–Crippen MR) is 77.6 cm³/mol. The van der Waals surface area contributed by atoms with Crippen LogP contribution in [-0.4, -0.2) is 62.4 Å². The normalized spacial score (nSPS) is 24.4. The third-order valence-corrected chi connectivity index (χ3v) is 6.05. The number of morpholine rings is 1. The van der Waals surface area contributed by atoms with E-state index >= 15 is 0 Å². The monoisotopic (exact) mass is 328 g/mol. The first-order valence-corrected chi connectivity index (χ1v) is 8.95. The summed E-state index contributed by atoms with van der Waals surface area (Å²) in [6, 6.07) is 0.798. The van der Waals surface area contributed by atoms with Crippen molar-refractivity contribution in [2.75, 3.05) is 32.8 Å². The average molecular weight is 328 g/mol. The van der Waals surface area contributed by atoms with Crippen LogP contribution in [0.4, 0.5) is 0 Å². The summed E-state index contributed by atoms with van der Waals surface area (Å²) in [6.45, 7) is 2.43. The molecule has 2 aliphatic heterocycles. The van der Waals surface area contributed by atoms with Crippen LogP contribution in [0.2, 0.25) is 0 Å². The van der Waals surface area contributed by atoms with Crippen molar-refractivity contribution in [2.45, 2.75) is 30.2 Å². The molecule has 1 atom stereocenters. The largest absolute Gasteiger partial charge is 0.471 e. The molecule has 0 bridgehead atoms. The molecule has 0 unspecified atom stereocenters. The molecule has 2 aliphatic rings. The van der Waals surface area contributed by atoms with E-state index in [9.17, 15) is 13.2 Å². The van der Waals surface area contributed by atoms with E-state index in [-0.39, 0.29) is 10.8 Å². The van der Waals surface area contributed by atoms with Gasteiger partial charge in [0.15, 0.2) is 0 Å². The van der Waals surface area contributed by atoms with E-state index in [1.807, 2.05) is 0 Å². The van der Waals surface area contributed by atoms with Crippen LogP contribution in [0.15, 0.2) is 27.9 Å².